The number of carboxylic acids is 2. The highest BCUT2D eigenvalue weighted by molar-refractivity contribution is 5.88. The van der Waals surface area contributed by atoms with E-state index in [2.05, 4.69) is 0 Å². The van der Waals surface area contributed by atoms with Crippen LogP contribution in [0.15, 0.2) is 48.5 Å². The Morgan fingerprint density at radius 3 is 2.18 bits per heavy atom. The second-order valence-electron chi connectivity index (χ2n) is 4.60. The van der Waals surface area contributed by atoms with Gasteiger partial charge in [-0.2, -0.15) is 0 Å². The second kappa shape index (κ2) is 6.84. The molecule has 114 valence electrons. The van der Waals surface area contributed by atoms with Crippen molar-refractivity contribution >= 4 is 11.9 Å². The van der Waals surface area contributed by atoms with Crippen LogP contribution in [0, 0.1) is 0 Å². The van der Waals surface area contributed by atoms with Crippen LogP contribution in [0.3, 0.4) is 0 Å². The molecule has 0 aromatic heterocycles. The number of aromatic carboxylic acids is 2. The van der Waals surface area contributed by atoms with Gasteiger partial charge in [0.1, 0.15) is 0 Å². The van der Waals surface area contributed by atoms with Gasteiger partial charge in [0.25, 0.3) is 0 Å². The van der Waals surface area contributed by atoms with Gasteiger partial charge in [0.05, 0.1) is 17.7 Å². The van der Waals surface area contributed by atoms with Crippen molar-refractivity contribution in [2.24, 2.45) is 0 Å². The summed E-state index contributed by atoms with van der Waals surface area (Å²) in [5.41, 5.74) is 1.28. The standard InChI is InChI=1S/C16H14O6/c17-14(18)11-4-6-12(7-5-11)16(21)22-9-10-2-1-3-13(8-10)15(19)20/h1-8,16,21H,9H2,(H,17,18)(H,19,20). The third-order valence-corrected chi connectivity index (χ3v) is 3.02. The van der Waals surface area contributed by atoms with Crippen molar-refractivity contribution in [3.05, 3.63) is 70.8 Å². The molecule has 0 aliphatic carbocycles. The van der Waals surface area contributed by atoms with E-state index in [0.29, 0.717) is 11.1 Å². The lowest BCUT2D eigenvalue weighted by atomic mass is 10.1. The number of rotatable bonds is 6. The normalized spacial score (nSPS) is 11.9. The van der Waals surface area contributed by atoms with Gasteiger partial charge < -0.3 is 20.1 Å². The van der Waals surface area contributed by atoms with Crippen molar-refractivity contribution < 1.29 is 29.6 Å². The molecule has 2 aromatic rings. The molecule has 0 fully saturated rings. The number of benzene rings is 2. The highest BCUT2D eigenvalue weighted by atomic mass is 16.6. The van der Waals surface area contributed by atoms with Gasteiger partial charge in [0.2, 0.25) is 0 Å². The Bertz CT molecular complexity index is 677. The molecule has 0 radical (unpaired) electrons. The number of carbonyl (C=O) groups is 2. The van der Waals surface area contributed by atoms with Crippen molar-refractivity contribution in [1.82, 2.24) is 0 Å². The van der Waals surface area contributed by atoms with Gasteiger partial charge in [-0.25, -0.2) is 9.59 Å². The van der Waals surface area contributed by atoms with E-state index in [1.54, 1.807) is 12.1 Å². The first kappa shape index (κ1) is 15.7. The monoisotopic (exact) mass is 302 g/mol. The summed E-state index contributed by atoms with van der Waals surface area (Å²) in [6, 6.07) is 11.9. The highest BCUT2D eigenvalue weighted by Crippen LogP contribution is 2.17. The number of carboxylic acid groups (broad SMARTS) is 2. The number of hydrogen-bond acceptors (Lipinski definition) is 4. The largest absolute Gasteiger partial charge is 0.478 e. The third kappa shape index (κ3) is 3.91. The van der Waals surface area contributed by atoms with Crippen LogP contribution in [0.25, 0.3) is 0 Å². The minimum atomic E-state index is -1.23. The summed E-state index contributed by atoms with van der Waals surface area (Å²) in [5, 5.41) is 27.6. The topological polar surface area (TPSA) is 104 Å². The molecule has 0 aliphatic rings. The predicted octanol–water partition coefficient (Wildman–Crippen LogP) is 2.29. The first-order valence-electron chi connectivity index (χ1n) is 6.42. The zero-order valence-electron chi connectivity index (χ0n) is 11.5. The molecule has 0 heterocycles. The lowest BCUT2D eigenvalue weighted by Crippen LogP contribution is -2.05. The molecule has 3 N–H and O–H groups in total. The van der Waals surface area contributed by atoms with Gasteiger partial charge >= 0.3 is 11.9 Å². The summed E-state index contributed by atoms with van der Waals surface area (Å²) in [6.45, 7) is 0.0307. The minimum Gasteiger partial charge on any atom is -0.478 e. The van der Waals surface area contributed by atoms with E-state index in [9.17, 15) is 14.7 Å². The predicted molar refractivity (Wildman–Crippen MR) is 76.6 cm³/mol. The van der Waals surface area contributed by atoms with Gasteiger partial charge in [-0.3, -0.25) is 0 Å². The number of aliphatic hydroxyl groups is 1. The summed E-state index contributed by atoms with van der Waals surface area (Å²) in [5.74, 6) is -2.08. The molecule has 0 bridgehead atoms. The molecule has 2 aromatic carbocycles. The van der Waals surface area contributed by atoms with E-state index in [1.165, 1.54) is 36.4 Å². The van der Waals surface area contributed by atoms with Gasteiger partial charge in [0.15, 0.2) is 6.29 Å². The van der Waals surface area contributed by atoms with Crippen molar-refractivity contribution in [1.29, 1.82) is 0 Å². The Morgan fingerprint density at radius 1 is 0.955 bits per heavy atom. The molecule has 6 heteroatoms. The van der Waals surface area contributed by atoms with Crippen LogP contribution < -0.4 is 0 Å². The lowest BCUT2D eigenvalue weighted by molar-refractivity contribution is -0.111. The zero-order valence-corrected chi connectivity index (χ0v) is 11.5. The van der Waals surface area contributed by atoms with Crippen LogP contribution in [0.2, 0.25) is 0 Å². The Morgan fingerprint density at radius 2 is 1.59 bits per heavy atom. The minimum absolute atomic E-state index is 0.0307. The van der Waals surface area contributed by atoms with Crippen molar-refractivity contribution in [2.75, 3.05) is 0 Å². The Labute approximate surface area is 126 Å². The molecule has 0 amide bonds. The number of hydrogen-bond donors (Lipinski definition) is 3. The molecule has 6 nitrogen and oxygen atoms in total. The zero-order chi connectivity index (χ0) is 16.1. The SMILES string of the molecule is O=C(O)c1ccc(C(O)OCc2cccc(C(=O)O)c2)cc1. The van der Waals surface area contributed by atoms with E-state index >= 15 is 0 Å². The molecule has 1 unspecified atom stereocenters. The van der Waals surface area contributed by atoms with Crippen LogP contribution in [0.5, 0.6) is 0 Å². The van der Waals surface area contributed by atoms with Crippen molar-refractivity contribution in [3.63, 3.8) is 0 Å². The summed E-state index contributed by atoms with van der Waals surface area (Å²) >= 11 is 0. The molecule has 0 aliphatic heterocycles. The Hall–Kier alpha value is -2.70. The Balaban J connectivity index is 2.00. The van der Waals surface area contributed by atoms with E-state index < -0.39 is 18.2 Å². The fourth-order valence-electron chi connectivity index (χ4n) is 1.86. The molecule has 0 spiro atoms. The van der Waals surface area contributed by atoms with Gasteiger partial charge in [-0.15, -0.1) is 0 Å². The molecular weight excluding hydrogens is 288 g/mol. The van der Waals surface area contributed by atoms with E-state index in [1.807, 2.05) is 0 Å². The maximum atomic E-state index is 10.9. The van der Waals surface area contributed by atoms with Crippen LogP contribution >= 0.6 is 0 Å². The smallest absolute Gasteiger partial charge is 0.335 e. The number of aliphatic hydroxyl groups excluding tert-OH is 1. The quantitative estimate of drug-likeness (QED) is 0.707. The summed E-state index contributed by atoms with van der Waals surface area (Å²) < 4.78 is 5.26. The van der Waals surface area contributed by atoms with Crippen LogP contribution in [0.1, 0.15) is 38.1 Å². The molecule has 1 atom stereocenters. The second-order valence-corrected chi connectivity index (χ2v) is 4.60. The van der Waals surface area contributed by atoms with E-state index in [0.717, 1.165) is 0 Å². The summed E-state index contributed by atoms with van der Waals surface area (Å²) in [6.07, 6.45) is -1.23. The fraction of sp³-hybridized carbons (Fsp3) is 0.125. The maximum Gasteiger partial charge on any atom is 0.335 e. The van der Waals surface area contributed by atoms with Crippen LogP contribution in [-0.4, -0.2) is 27.3 Å². The molecule has 2 rings (SSSR count). The number of ether oxygens (including phenoxy) is 1. The molecule has 0 saturated carbocycles. The highest BCUT2D eigenvalue weighted by Gasteiger charge is 2.10. The van der Waals surface area contributed by atoms with Crippen molar-refractivity contribution in [3.8, 4) is 0 Å². The van der Waals surface area contributed by atoms with Gasteiger partial charge in [-0.1, -0.05) is 24.3 Å². The van der Waals surface area contributed by atoms with Gasteiger partial charge in [0, 0.05) is 5.56 Å². The van der Waals surface area contributed by atoms with E-state index in [-0.39, 0.29) is 17.7 Å². The molecule has 22 heavy (non-hydrogen) atoms. The van der Waals surface area contributed by atoms with Crippen LogP contribution in [0.4, 0.5) is 0 Å². The summed E-state index contributed by atoms with van der Waals surface area (Å²) in [4.78, 5) is 21.6. The first-order valence-corrected chi connectivity index (χ1v) is 6.42. The van der Waals surface area contributed by atoms with E-state index in [4.69, 9.17) is 14.9 Å². The van der Waals surface area contributed by atoms with Gasteiger partial charge in [-0.05, 0) is 29.8 Å². The summed E-state index contributed by atoms with van der Waals surface area (Å²) in [7, 11) is 0. The molecule has 0 saturated heterocycles. The average molecular weight is 302 g/mol. The molecular formula is C16H14O6. The first-order chi connectivity index (χ1) is 10.5. The van der Waals surface area contributed by atoms with Crippen LogP contribution in [-0.2, 0) is 11.3 Å². The maximum absolute atomic E-state index is 10.9. The fourth-order valence-corrected chi connectivity index (χ4v) is 1.86. The van der Waals surface area contributed by atoms with Crippen molar-refractivity contribution in [2.45, 2.75) is 12.9 Å². The Kier molecular flexibility index (Phi) is 4.88. The average Bonchev–Trinajstić information content (AvgIpc) is 2.53. The lowest BCUT2D eigenvalue weighted by Gasteiger charge is -2.13. The third-order valence-electron chi connectivity index (χ3n) is 3.02.